The minimum Gasteiger partial charge on any atom is -0.497 e. The molecule has 0 radical (unpaired) electrons. The zero-order valence-electron chi connectivity index (χ0n) is 15.4. The minimum atomic E-state index is -0.263. The maximum absolute atomic E-state index is 12.8. The first-order valence-corrected chi connectivity index (χ1v) is 8.70. The van der Waals surface area contributed by atoms with Gasteiger partial charge in [-0.15, -0.1) is 0 Å². The monoisotopic (exact) mass is 342 g/mol. The molecule has 0 aliphatic carbocycles. The van der Waals surface area contributed by atoms with Gasteiger partial charge in [-0.1, -0.05) is 0 Å². The molecule has 3 rings (SSSR count). The maximum atomic E-state index is 12.8. The largest absolute Gasteiger partial charge is 0.497 e. The standard InChI is InChI=1S/C19H26N4O2/c1-14-13-15(2)23(20-14)16(3)19(24)22-11-9-21(10-12-22)17-5-7-18(25-4)8-6-17/h5-8,13,16H,9-12H2,1-4H3. The van der Waals surface area contributed by atoms with Crippen LogP contribution in [0.15, 0.2) is 30.3 Å². The molecule has 1 aliphatic rings. The summed E-state index contributed by atoms with van der Waals surface area (Å²) in [6.07, 6.45) is 0. The fourth-order valence-electron chi connectivity index (χ4n) is 3.39. The highest BCUT2D eigenvalue weighted by molar-refractivity contribution is 5.80. The van der Waals surface area contributed by atoms with Crippen molar-refractivity contribution in [3.63, 3.8) is 0 Å². The lowest BCUT2D eigenvalue weighted by Gasteiger charge is -2.37. The number of ether oxygens (including phenoxy) is 1. The molecule has 2 aromatic rings. The molecular weight excluding hydrogens is 316 g/mol. The van der Waals surface area contributed by atoms with Gasteiger partial charge in [0.15, 0.2) is 0 Å². The Balaban J connectivity index is 1.61. The summed E-state index contributed by atoms with van der Waals surface area (Å²) in [7, 11) is 1.67. The quantitative estimate of drug-likeness (QED) is 0.856. The molecule has 134 valence electrons. The van der Waals surface area contributed by atoms with E-state index >= 15 is 0 Å². The van der Waals surface area contributed by atoms with Crippen LogP contribution in [-0.2, 0) is 4.79 Å². The lowest BCUT2D eigenvalue weighted by molar-refractivity contribution is -0.134. The van der Waals surface area contributed by atoms with Crippen LogP contribution in [0.2, 0.25) is 0 Å². The van der Waals surface area contributed by atoms with Gasteiger partial charge in [-0.25, -0.2) is 0 Å². The molecule has 0 bridgehead atoms. The first-order chi connectivity index (χ1) is 12.0. The van der Waals surface area contributed by atoms with Crippen LogP contribution in [-0.4, -0.2) is 53.9 Å². The number of piperazine rings is 1. The van der Waals surface area contributed by atoms with E-state index in [9.17, 15) is 4.79 Å². The zero-order chi connectivity index (χ0) is 18.0. The number of nitrogens with zero attached hydrogens (tertiary/aromatic N) is 4. The Kier molecular flexibility index (Phi) is 4.97. The number of carbonyl (C=O) groups excluding carboxylic acids is 1. The fourth-order valence-corrected chi connectivity index (χ4v) is 3.39. The summed E-state index contributed by atoms with van der Waals surface area (Å²) in [5.74, 6) is 0.997. The van der Waals surface area contributed by atoms with E-state index in [4.69, 9.17) is 4.74 Å². The van der Waals surface area contributed by atoms with Crippen LogP contribution in [0.3, 0.4) is 0 Å². The summed E-state index contributed by atoms with van der Waals surface area (Å²) in [6.45, 7) is 9.00. The summed E-state index contributed by atoms with van der Waals surface area (Å²) >= 11 is 0. The maximum Gasteiger partial charge on any atom is 0.247 e. The second-order valence-electron chi connectivity index (χ2n) is 6.56. The lowest BCUT2D eigenvalue weighted by Crippen LogP contribution is -2.50. The van der Waals surface area contributed by atoms with Crippen LogP contribution in [0, 0.1) is 13.8 Å². The Bertz CT molecular complexity index is 730. The van der Waals surface area contributed by atoms with Crippen molar-refractivity contribution in [1.29, 1.82) is 0 Å². The molecular formula is C19H26N4O2. The first-order valence-electron chi connectivity index (χ1n) is 8.70. The van der Waals surface area contributed by atoms with E-state index in [0.717, 1.165) is 43.3 Å². The number of amides is 1. The Morgan fingerprint density at radius 1 is 1.12 bits per heavy atom. The molecule has 0 saturated carbocycles. The van der Waals surface area contributed by atoms with Crippen molar-refractivity contribution in [3.8, 4) is 5.75 Å². The van der Waals surface area contributed by atoms with Crippen LogP contribution in [0.5, 0.6) is 5.75 Å². The molecule has 1 atom stereocenters. The van der Waals surface area contributed by atoms with Crippen molar-refractivity contribution in [1.82, 2.24) is 14.7 Å². The van der Waals surface area contributed by atoms with Crippen molar-refractivity contribution in [2.45, 2.75) is 26.8 Å². The molecule has 1 saturated heterocycles. The smallest absolute Gasteiger partial charge is 0.247 e. The number of methoxy groups -OCH3 is 1. The Hall–Kier alpha value is -2.50. The van der Waals surface area contributed by atoms with Gasteiger partial charge < -0.3 is 14.5 Å². The number of benzene rings is 1. The van der Waals surface area contributed by atoms with Crippen LogP contribution in [0.1, 0.15) is 24.4 Å². The van der Waals surface area contributed by atoms with Gasteiger partial charge in [0.25, 0.3) is 0 Å². The number of aryl methyl sites for hydroxylation is 2. The Labute approximate surface area is 149 Å². The third-order valence-electron chi connectivity index (χ3n) is 4.80. The van der Waals surface area contributed by atoms with Gasteiger partial charge in [-0.3, -0.25) is 9.48 Å². The SMILES string of the molecule is COc1ccc(N2CCN(C(=O)C(C)n3nc(C)cc3C)CC2)cc1. The molecule has 1 aliphatic heterocycles. The molecule has 6 heteroatoms. The number of aromatic nitrogens is 2. The molecule has 6 nitrogen and oxygen atoms in total. The van der Waals surface area contributed by atoms with Gasteiger partial charge >= 0.3 is 0 Å². The van der Waals surface area contributed by atoms with Crippen molar-refractivity contribution in [2.24, 2.45) is 0 Å². The minimum absolute atomic E-state index is 0.139. The molecule has 1 amide bonds. The number of rotatable bonds is 4. The second kappa shape index (κ2) is 7.17. The van der Waals surface area contributed by atoms with Crippen molar-refractivity contribution in [3.05, 3.63) is 41.7 Å². The highest BCUT2D eigenvalue weighted by atomic mass is 16.5. The molecule has 1 aromatic heterocycles. The molecule has 25 heavy (non-hydrogen) atoms. The van der Waals surface area contributed by atoms with Gasteiger partial charge in [0.05, 0.1) is 12.8 Å². The van der Waals surface area contributed by atoms with E-state index < -0.39 is 0 Å². The summed E-state index contributed by atoms with van der Waals surface area (Å²) in [5.41, 5.74) is 3.14. The van der Waals surface area contributed by atoms with E-state index in [0.29, 0.717) is 0 Å². The second-order valence-corrected chi connectivity index (χ2v) is 6.56. The molecule has 1 fully saturated rings. The van der Waals surface area contributed by atoms with Gasteiger partial charge in [0.1, 0.15) is 11.8 Å². The fraction of sp³-hybridized carbons (Fsp3) is 0.474. The predicted octanol–water partition coefficient (Wildman–Crippen LogP) is 2.42. The highest BCUT2D eigenvalue weighted by Gasteiger charge is 2.27. The van der Waals surface area contributed by atoms with E-state index in [-0.39, 0.29) is 11.9 Å². The summed E-state index contributed by atoms with van der Waals surface area (Å²) in [5, 5.41) is 4.45. The average Bonchev–Trinajstić information content (AvgIpc) is 2.99. The Morgan fingerprint density at radius 3 is 2.28 bits per heavy atom. The summed E-state index contributed by atoms with van der Waals surface area (Å²) in [4.78, 5) is 17.1. The van der Waals surface area contributed by atoms with Crippen molar-refractivity contribution < 1.29 is 9.53 Å². The first kappa shape index (κ1) is 17.3. The topological polar surface area (TPSA) is 50.6 Å². The van der Waals surface area contributed by atoms with E-state index in [1.54, 1.807) is 7.11 Å². The van der Waals surface area contributed by atoms with Gasteiger partial charge in [-0.05, 0) is 51.1 Å². The molecule has 0 N–H and O–H groups in total. The average molecular weight is 342 g/mol. The third kappa shape index (κ3) is 3.62. The molecule has 0 spiro atoms. The van der Waals surface area contributed by atoms with Crippen LogP contribution < -0.4 is 9.64 Å². The normalized spacial score (nSPS) is 16.0. The zero-order valence-corrected chi connectivity index (χ0v) is 15.4. The molecule has 1 aromatic carbocycles. The van der Waals surface area contributed by atoms with Gasteiger partial charge in [-0.2, -0.15) is 5.10 Å². The van der Waals surface area contributed by atoms with Gasteiger partial charge in [0.2, 0.25) is 5.91 Å². The molecule has 1 unspecified atom stereocenters. The predicted molar refractivity (Wildman–Crippen MR) is 98.2 cm³/mol. The lowest BCUT2D eigenvalue weighted by atomic mass is 10.2. The van der Waals surface area contributed by atoms with E-state index in [1.807, 2.05) is 48.6 Å². The van der Waals surface area contributed by atoms with E-state index in [2.05, 4.69) is 22.1 Å². The number of hydrogen-bond acceptors (Lipinski definition) is 4. The number of carbonyl (C=O) groups is 1. The Morgan fingerprint density at radius 2 is 1.76 bits per heavy atom. The van der Waals surface area contributed by atoms with Crippen molar-refractivity contribution >= 4 is 11.6 Å². The third-order valence-corrected chi connectivity index (χ3v) is 4.80. The van der Waals surface area contributed by atoms with E-state index in [1.165, 1.54) is 5.69 Å². The van der Waals surface area contributed by atoms with Crippen LogP contribution >= 0.6 is 0 Å². The van der Waals surface area contributed by atoms with Crippen molar-refractivity contribution in [2.75, 3.05) is 38.2 Å². The van der Waals surface area contributed by atoms with Crippen LogP contribution in [0.4, 0.5) is 5.69 Å². The summed E-state index contributed by atoms with van der Waals surface area (Å²) in [6, 6.07) is 9.81. The number of hydrogen-bond donors (Lipinski definition) is 0. The van der Waals surface area contributed by atoms with Crippen LogP contribution in [0.25, 0.3) is 0 Å². The number of anilines is 1. The van der Waals surface area contributed by atoms with Gasteiger partial charge in [0, 0.05) is 37.6 Å². The summed E-state index contributed by atoms with van der Waals surface area (Å²) < 4.78 is 7.03. The highest BCUT2D eigenvalue weighted by Crippen LogP contribution is 2.21. The molecule has 2 heterocycles.